The third-order valence-corrected chi connectivity index (χ3v) is 5.53. The second-order valence-corrected chi connectivity index (χ2v) is 7.94. The Labute approximate surface area is 183 Å². The van der Waals surface area contributed by atoms with E-state index in [0.717, 1.165) is 45.4 Å². The lowest BCUT2D eigenvalue weighted by molar-refractivity contribution is 0.00867. The number of nitrogens with zero attached hydrogens (tertiary/aromatic N) is 3. The van der Waals surface area contributed by atoms with E-state index < -0.39 is 0 Å². The predicted octanol–water partition coefficient (Wildman–Crippen LogP) is 2.39. The van der Waals surface area contributed by atoms with Crippen molar-refractivity contribution in [2.75, 3.05) is 59.0 Å². The second kappa shape index (κ2) is 14.0. The Kier molecular flexibility index (Phi) is 12.9. The first-order chi connectivity index (χ1) is 12.6. The minimum Gasteiger partial charge on any atom is -0.379 e. The summed E-state index contributed by atoms with van der Waals surface area (Å²) in [4.78, 5) is 10.1. The van der Waals surface area contributed by atoms with Crippen molar-refractivity contribution in [3.63, 3.8) is 0 Å². The highest BCUT2D eigenvalue weighted by atomic mass is 127. The topological polar surface area (TPSA) is 52.1 Å². The molecule has 2 N–H and O–H groups in total. The molecule has 0 aliphatic carbocycles. The molecule has 2 aliphatic heterocycles. The van der Waals surface area contributed by atoms with Gasteiger partial charge in [0.15, 0.2) is 5.96 Å². The van der Waals surface area contributed by atoms with Gasteiger partial charge in [-0.2, -0.15) is 0 Å². The van der Waals surface area contributed by atoms with Crippen molar-refractivity contribution in [3.05, 3.63) is 0 Å². The van der Waals surface area contributed by atoms with Crippen LogP contribution in [0.4, 0.5) is 0 Å². The summed E-state index contributed by atoms with van der Waals surface area (Å²) >= 11 is 0. The van der Waals surface area contributed by atoms with Crippen molar-refractivity contribution in [2.24, 2.45) is 10.9 Å². The van der Waals surface area contributed by atoms with Crippen LogP contribution in [0.1, 0.15) is 47.0 Å². The first-order valence-electron chi connectivity index (χ1n) is 10.7. The predicted molar refractivity (Wildman–Crippen MR) is 125 cm³/mol. The van der Waals surface area contributed by atoms with E-state index in [4.69, 9.17) is 9.73 Å². The van der Waals surface area contributed by atoms with Gasteiger partial charge in [-0.25, -0.2) is 0 Å². The van der Waals surface area contributed by atoms with Crippen LogP contribution in [0.15, 0.2) is 4.99 Å². The number of hydrogen-bond acceptors (Lipinski definition) is 4. The zero-order valence-corrected chi connectivity index (χ0v) is 20.2. The zero-order valence-electron chi connectivity index (χ0n) is 17.9. The summed E-state index contributed by atoms with van der Waals surface area (Å²) in [5.41, 5.74) is 0. The van der Waals surface area contributed by atoms with E-state index >= 15 is 0 Å². The maximum absolute atomic E-state index is 5.51. The fraction of sp³-hybridized carbons (Fsp3) is 0.950. The average Bonchev–Trinajstić information content (AvgIpc) is 2.64. The number of nitrogens with one attached hydrogen (secondary N) is 2. The summed E-state index contributed by atoms with van der Waals surface area (Å²) in [5.74, 6) is 1.58. The van der Waals surface area contributed by atoms with Gasteiger partial charge >= 0.3 is 0 Å². The Morgan fingerprint density at radius 3 is 2.33 bits per heavy atom. The average molecular weight is 495 g/mol. The summed E-state index contributed by atoms with van der Waals surface area (Å²) in [6, 6.07) is 1.03. The van der Waals surface area contributed by atoms with Gasteiger partial charge in [-0.05, 0) is 38.6 Å². The third-order valence-electron chi connectivity index (χ3n) is 5.53. The molecule has 0 aromatic heterocycles. The van der Waals surface area contributed by atoms with Gasteiger partial charge in [0.25, 0.3) is 0 Å². The van der Waals surface area contributed by atoms with Crippen LogP contribution in [0.3, 0.4) is 0 Å². The Morgan fingerprint density at radius 1 is 1.11 bits per heavy atom. The molecular weight excluding hydrogens is 453 g/mol. The Morgan fingerprint density at radius 2 is 1.78 bits per heavy atom. The van der Waals surface area contributed by atoms with Gasteiger partial charge in [-0.15, -0.1) is 24.0 Å². The molecule has 27 heavy (non-hydrogen) atoms. The molecule has 2 saturated heterocycles. The maximum atomic E-state index is 5.51. The minimum absolute atomic E-state index is 0. The molecule has 2 heterocycles. The van der Waals surface area contributed by atoms with Crippen LogP contribution in [-0.2, 0) is 4.74 Å². The van der Waals surface area contributed by atoms with E-state index in [-0.39, 0.29) is 24.0 Å². The van der Waals surface area contributed by atoms with Gasteiger partial charge in [0.2, 0.25) is 0 Å². The largest absolute Gasteiger partial charge is 0.379 e. The highest BCUT2D eigenvalue weighted by Crippen LogP contribution is 2.14. The van der Waals surface area contributed by atoms with Gasteiger partial charge < -0.3 is 20.3 Å². The van der Waals surface area contributed by atoms with E-state index in [0.29, 0.717) is 18.0 Å². The van der Waals surface area contributed by atoms with Gasteiger partial charge in [0, 0.05) is 44.8 Å². The fourth-order valence-corrected chi connectivity index (χ4v) is 3.97. The first-order valence-corrected chi connectivity index (χ1v) is 10.7. The van der Waals surface area contributed by atoms with Crippen molar-refractivity contribution in [3.8, 4) is 0 Å². The lowest BCUT2D eigenvalue weighted by Crippen LogP contribution is -2.50. The summed E-state index contributed by atoms with van der Waals surface area (Å²) < 4.78 is 5.51. The normalized spacial score (nSPS) is 21.7. The number of morpholine rings is 1. The number of guanidine groups is 1. The molecule has 0 amide bonds. The van der Waals surface area contributed by atoms with Gasteiger partial charge in [-0.1, -0.05) is 20.8 Å². The van der Waals surface area contributed by atoms with Crippen molar-refractivity contribution < 1.29 is 4.74 Å². The van der Waals surface area contributed by atoms with Crippen LogP contribution in [-0.4, -0.2) is 86.9 Å². The first kappa shape index (κ1) is 24.9. The number of rotatable bonds is 8. The molecule has 6 nitrogen and oxygen atoms in total. The Balaban J connectivity index is 0.00000364. The van der Waals surface area contributed by atoms with E-state index in [1.54, 1.807) is 0 Å². The van der Waals surface area contributed by atoms with Crippen LogP contribution in [0.25, 0.3) is 0 Å². The number of piperidine rings is 1. The van der Waals surface area contributed by atoms with Gasteiger partial charge in [-0.3, -0.25) is 9.89 Å². The van der Waals surface area contributed by atoms with Crippen LogP contribution >= 0.6 is 24.0 Å². The molecule has 0 aromatic carbocycles. The minimum atomic E-state index is 0. The fourth-order valence-electron chi connectivity index (χ4n) is 3.97. The van der Waals surface area contributed by atoms with Crippen molar-refractivity contribution >= 4 is 29.9 Å². The highest BCUT2D eigenvalue weighted by molar-refractivity contribution is 14.0. The standard InChI is InChI=1S/C20H41N5O.HI/c1-5-9-24-10-7-18(8-11-24)23-20(21-6-2)22-16-19(17(3)4)25-12-14-26-15-13-25;/h17-19H,5-16H2,1-4H3,(H2,21,22,23);1H. The molecule has 0 radical (unpaired) electrons. The number of likely N-dealkylation sites (tertiary alicyclic amines) is 1. The lowest BCUT2D eigenvalue weighted by Gasteiger charge is -2.36. The Hall–Kier alpha value is -0.120. The SMILES string of the molecule is CCCN1CCC(NC(=NCC(C(C)C)N2CCOCC2)NCC)CC1.I. The molecule has 1 atom stereocenters. The highest BCUT2D eigenvalue weighted by Gasteiger charge is 2.24. The summed E-state index contributed by atoms with van der Waals surface area (Å²) in [6.07, 6.45) is 3.67. The van der Waals surface area contributed by atoms with Crippen molar-refractivity contribution in [2.45, 2.75) is 59.0 Å². The molecule has 1 unspecified atom stereocenters. The number of ether oxygens (including phenoxy) is 1. The molecule has 7 heteroatoms. The Bertz CT molecular complexity index is 407. The molecule has 160 valence electrons. The molecule has 2 rings (SSSR count). The van der Waals surface area contributed by atoms with Crippen LogP contribution in [0.5, 0.6) is 0 Å². The van der Waals surface area contributed by atoms with E-state index in [9.17, 15) is 0 Å². The summed E-state index contributed by atoms with van der Waals surface area (Å²) in [5, 5.41) is 7.13. The van der Waals surface area contributed by atoms with Crippen LogP contribution in [0, 0.1) is 5.92 Å². The lowest BCUT2D eigenvalue weighted by atomic mass is 10.0. The molecule has 0 saturated carbocycles. The van der Waals surface area contributed by atoms with Crippen LogP contribution in [0.2, 0.25) is 0 Å². The summed E-state index contributed by atoms with van der Waals surface area (Å²) in [6.45, 7) is 18.2. The molecule has 2 aliphatic rings. The van der Waals surface area contributed by atoms with Crippen molar-refractivity contribution in [1.82, 2.24) is 20.4 Å². The third kappa shape index (κ3) is 8.83. The molecule has 0 bridgehead atoms. The van der Waals surface area contributed by atoms with E-state index in [1.807, 2.05) is 0 Å². The number of hydrogen-bond donors (Lipinski definition) is 2. The van der Waals surface area contributed by atoms with Gasteiger partial charge in [0.1, 0.15) is 0 Å². The van der Waals surface area contributed by atoms with Crippen LogP contribution < -0.4 is 10.6 Å². The maximum Gasteiger partial charge on any atom is 0.191 e. The molecule has 2 fully saturated rings. The smallest absolute Gasteiger partial charge is 0.191 e. The molecular formula is C20H42IN5O. The second-order valence-electron chi connectivity index (χ2n) is 7.94. The molecule has 0 aromatic rings. The molecule has 0 spiro atoms. The van der Waals surface area contributed by atoms with Gasteiger partial charge in [0.05, 0.1) is 19.8 Å². The number of halogens is 1. The summed E-state index contributed by atoms with van der Waals surface area (Å²) in [7, 11) is 0. The van der Waals surface area contributed by atoms with E-state index in [1.165, 1.54) is 38.9 Å². The quantitative estimate of drug-likeness (QED) is 0.308. The number of aliphatic imine (C=N–C) groups is 1. The monoisotopic (exact) mass is 495 g/mol. The zero-order chi connectivity index (χ0) is 18.8. The van der Waals surface area contributed by atoms with E-state index in [2.05, 4.69) is 48.1 Å². The van der Waals surface area contributed by atoms with Crippen molar-refractivity contribution in [1.29, 1.82) is 0 Å².